The van der Waals surface area contributed by atoms with Gasteiger partial charge in [-0.1, -0.05) is 18.8 Å². The van der Waals surface area contributed by atoms with Crippen LogP contribution in [-0.2, 0) is 9.59 Å². The summed E-state index contributed by atoms with van der Waals surface area (Å²) in [6.45, 7) is 5.31. The third kappa shape index (κ3) is 4.85. The van der Waals surface area contributed by atoms with Crippen molar-refractivity contribution in [3.8, 4) is 5.75 Å². The molecule has 3 N–H and O–H groups in total. The van der Waals surface area contributed by atoms with Crippen molar-refractivity contribution in [2.75, 3.05) is 32.8 Å². The average molecular weight is 427 g/mol. The lowest BCUT2D eigenvalue weighted by Crippen LogP contribution is -2.54. The number of urea groups is 1. The largest absolute Gasteiger partial charge is 0.484 e. The summed E-state index contributed by atoms with van der Waals surface area (Å²) >= 11 is 0. The van der Waals surface area contributed by atoms with Gasteiger partial charge in [0.1, 0.15) is 5.75 Å². The van der Waals surface area contributed by atoms with Gasteiger partial charge in [0.15, 0.2) is 6.61 Å². The summed E-state index contributed by atoms with van der Waals surface area (Å²) in [4.78, 5) is 47.3. The molecule has 4 amide bonds. The zero-order chi connectivity index (χ0) is 22.4. The van der Waals surface area contributed by atoms with Crippen molar-refractivity contribution < 1.29 is 23.7 Å². The zero-order valence-electron chi connectivity index (χ0n) is 17.8. The summed E-state index contributed by atoms with van der Waals surface area (Å²) in [7, 11) is 0. The zero-order valence-corrected chi connectivity index (χ0v) is 17.8. The minimum atomic E-state index is -0.420. The minimum Gasteiger partial charge on any atom is -0.484 e. The van der Waals surface area contributed by atoms with E-state index < -0.39 is 5.91 Å². The van der Waals surface area contributed by atoms with Crippen LogP contribution in [-0.4, -0.2) is 77.5 Å². The van der Waals surface area contributed by atoms with Crippen LogP contribution in [0.4, 0.5) is 4.79 Å². The van der Waals surface area contributed by atoms with E-state index in [1.165, 1.54) is 9.48 Å². The van der Waals surface area contributed by atoms with Crippen LogP contribution in [0.25, 0.3) is 0 Å². The summed E-state index contributed by atoms with van der Waals surface area (Å²) in [6.07, 6.45) is 1.39. The highest BCUT2D eigenvalue weighted by atomic mass is 16.5. The maximum absolute atomic E-state index is 12.8. The number of nitrogens with zero attached hydrogens (tertiary/aromatic N) is 4. The summed E-state index contributed by atoms with van der Waals surface area (Å²) in [5.41, 5.74) is 6.21. The predicted molar refractivity (Wildman–Crippen MR) is 116 cm³/mol. The number of carbonyl (C=O) groups is 3. The number of hydrogen-bond donors (Lipinski definition) is 2. The van der Waals surface area contributed by atoms with Gasteiger partial charge < -0.3 is 15.8 Å². The molecule has 0 saturated heterocycles. The molecule has 0 fully saturated rings. The number of ether oxygens (including phenoxy) is 1. The number of nitrogens with one attached hydrogen (secondary N) is 1. The van der Waals surface area contributed by atoms with Crippen molar-refractivity contribution in [3.05, 3.63) is 29.8 Å². The van der Waals surface area contributed by atoms with E-state index in [0.717, 1.165) is 6.42 Å². The first-order chi connectivity index (χ1) is 15.0. The normalized spacial score (nSPS) is 15.6. The van der Waals surface area contributed by atoms with Gasteiger partial charge in [-0.3, -0.25) is 4.79 Å². The van der Waals surface area contributed by atoms with Crippen LogP contribution in [0.15, 0.2) is 34.3 Å². The fraction of sp³-hybridized carbons (Fsp3) is 0.429. The van der Waals surface area contributed by atoms with Gasteiger partial charge in [0, 0.05) is 18.7 Å². The van der Waals surface area contributed by atoms with Gasteiger partial charge >= 0.3 is 17.8 Å². The van der Waals surface area contributed by atoms with Crippen molar-refractivity contribution >= 4 is 35.2 Å². The molecule has 0 aromatic heterocycles. The number of nitrogens with two attached hydrogens (primary N) is 1. The highest BCUT2D eigenvalue weighted by Crippen LogP contribution is 2.19. The number of carbonyl (C=O) groups excluding carboxylic acids is 3. The third-order valence-corrected chi connectivity index (χ3v) is 4.65. The van der Waals surface area contributed by atoms with Crippen LogP contribution < -0.4 is 15.8 Å². The molecule has 3 rings (SSSR count). The summed E-state index contributed by atoms with van der Waals surface area (Å²) in [5, 5.41) is 2.63. The number of benzene rings is 1. The molecule has 0 radical (unpaired) electrons. The van der Waals surface area contributed by atoms with E-state index in [1.54, 1.807) is 24.3 Å². The van der Waals surface area contributed by atoms with E-state index in [4.69, 9.17) is 10.5 Å². The van der Waals surface area contributed by atoms with E-state index in [9.17, 15) is 14.4 Å². The van der Waals surface area contributed by atoms with E-state index in [0.29, 0.717) is 55.6 Å². The second-order valence-electron chi connectivity index (χ2n) is 7.06. The van der Waals surface area contributed by atoms with Crippen LogP contribution >= 0.6 is 0 Å². The first-order valence-corrected chi connectivity index (χ1v) is 10.4. The summed E-state index contributed by atoms with van der Waals surface area (Å²) in [5.74, 6) is 0.499. The van der Waals surface area contributed by atoms with E-state index in [1.807, 2.05) is 13.8 Å². The number of aliphatic imine (C=N–C) groups is 2. The van der Waals surface area contributed by atoms with E-state index in [2.05, 4.69) is 15.3 Å². The third-order valence-electron chi connectivity index (χ3n) is 4.65. The molecule has 2 heterocycles. The Morgan fingerprint density at radius 2 is 1.90 bits per heavy atom. The molecule has 2 aliphatic heterocycles. The Morgan fingerprint density at radius 3 is 2.55 bits per heavy atom. The van der Waals surface area contributed by atoms with E-state index in [-0.39, 0.29) is 24.3 Å². The SMILES string of the molecule is CCCN1C(=O)C2=NC(c3ccc(OCC(=O)NCCN)cc3)=NC2=[N+](CCC)C1=O. The fourth-order valence-electron chi connectivity index (χ4n) is 3.20. The highest BCUT2D eigenvalue weighted by molar-refractivity contribution is 6.70. The maximum Gasteiger partial charge on any atom is 0.446 e. The molecule has 0 aliphatic carbocycles. The number of rotatable bonds is 10. The number of amides is 4. The number of hydrogen-bond acceptors (Lipinski definition) is 7. The first-order valence-electron chi connectivity index (χ1n) is 10.4. The summed E-state index contributed by atoms with van der Waals surface area (Å²) in [6, 6.07) is 6.52. The molecule has 0 unspecified atom stereocenters. The molecule has 31 heavy (non-hydrogen) atoms. The van der Waals surface area contributed by atoms with Crippen molar-refractivity contribution in [1.29, 1.82) is 0 Å². The summed E-state index contributed by atoms with van der Waals surface area (Å²) < 4.78 is 6.96. The van der Waals surface area contributed by atoms with Crippen LogP contribution in [0.1, 0.15) is 32.3 Å². The first kappa shape index (κ1) is 22.3. The van der Waals surface area contributed by atoms with E-state index >= 15 is 0 Å². The Balaban J connectivity index is 1.80. The molecule has 10 nitrogen and oxygen atoms in total. The topological polar surface area (TPSA) is 129 Å². The maximum atomic E-state index is 12.8. The van der Waals surface area contributed by atoms with Crippen molar-refractivity contribution in [1.82, 2.24) is 10.2 Å². The molecule has 10 heteroatoms. The van der Waals surface area contributed by atoms with Gasteiger partial charge in [-0.15, -0.1) is 0 Å². The van der Waals surface area contributed by atoms with Crippen molar-refractivity contribution in [2.24, 2.45) is 15.7 Å². The molecule has 0 bridgehead atoms. The van der Waals surface area contributed by atoms with Crippen LogP contribution in [0.2, 0.25) is 0 Å². The highest BCUT2D eigenvalue weighted by Gasteiger charge is 2.47. The van der Waals surface area contributed by atoms with Gasteiger partial charge in [-0.2, -0.15) is 14.5 Å². The van der Waals surface area contributed by atoms with Gasteiger partial charge in [0.25, 0.3) is 5.91 Å². The minimum absolute atomic E-state index is 0.115. The van der Waals surface area contributed by atoms with Gasteiger partial charge in [0.05, 0.1) is 13.1 Å². The number of imide groups is 1. The molecule has 0 spiro atoms. The molecule has 1 aromatic carbocycles. The van der Waals surface area contributed by atoms with Crippen molar-refractivity contribution in [2.45, 2.75) is 26.7 Å². The molecule has 2 aliphatic rings. The number of amidine groups is 2. The molecule has 1 aromatic rings. The molecule has 0 saturated carbocycles. The van der Waals surface area contributed by atoms with Crippen LogP contribution in [0.5, 0.6) is 5.75 Å². The van der Waals surface area contributed by atoms with Gasteiger partial charge in [-0.05, 0) is 37.1 Å². The second kappa shape index (κ2) is 10.1. The lowest BCUT2D eigenvalue weighted by molar-refractivity contribution is -0.435. The lowest BCUT2D eigenvalue weighted by atomic mass is 10.2. The Labute approximate surface area is 180 Å². The monoisotopic (exact) mass is 427 g/mol. The Kier molecular flexibility index (Phi) is 7.24. The standard InChI is InChI=1S/C21H26N6O4/c1-3-11-26-19-17(20(29)27(12-4-2)21(26)30)24-18(25-19)14-5-7-15(8-6-14)31-13-16(28)23-10-9-22/h5-8H,3-4,9-13,22H2,1-2H3/p+1. The van der Waals surface area contributed by atoms with Gasteiger partial charge in [0.2, 0.25) is 11.5 Å². The van der Waals surface area contributed by atoms with Crippen LogP contribution in [0, 0.1) is 0 Å². The quantitative estimate of drug-likeness (QED) is 0.526. The lowest BCUT2D eigenvalue weighted by Gasteiger charge is -2.21. The van der Waals surface area contributed by atoms with Crippen molar-refractivity contribution in [3.63, 3.8) is 0 Å². The van der Waals surface area contributed by atoms with Crippen LogP contribution in [0.3, 0.4) is 0 Å². The fourth-order valence-corrected chi connectivity index (χ4v) is 3.20. The second-order valence-corrected chi connectivity index (χ2v) is 7.06. The van der Waals surface area contributed by atoms with Gasteiger partial charge in [-0.25, -0.2) is 9.59 Å². The molecule has 164 valence electrons. The smallest absolute Gasteiger partial charge is 0.446 e. The predicted octanol–water partition coefficient (Wildman–Crippen LogP) is 0.535. The Morgan fingerprint density at radius 1 is 1.16 bits per heavy atom. The number of fused-ring (bicyclic) bond motifs is 1. The molecule has 0 atom stereocenters. The Bertz CT molecular complexity index is 965. The Hall–Kier alpha value is -3.40. The molecular weight excluding hydrogens is 400 g/mol. The molecular formula is C21H27N6O4+. The average Bonchev–Trinajstić information content (AvgIpc) is 3.22.